The monoisotopic (exact) mass is 286 g/mol. The number of aromatic nitrogens is 2. The van der Waals surface area contributed by atoms with Crippen LogP contribution in [0.15, 0.2) is 17.3 Å². The van der Waals surface area contributed by atoms with Crippen molar-refractivity contribution >= 4 is 16.0 Å². The van der Waals surface area contributed by atoms with Crippen LogP contribution >= 0.6 is 0 Å². The lowest BCUT2D eigenvalue weighted by molar-refractivity contribution is 0.107. The van der Waals surface area contributed by atoms with Gasteiger partial charge in [-0.1, -0.05) is 0 Å². The highest BCUT2D eigenvalue weighted by atomic mass is 32.2. The Bertz CT molecular complexity index is 517. The first-order valence-corrected chi connectivity index (χ1v) is 7.62. The molecule has 8 heteroatoms. The second kappa shape index (κ2) is 5.81. The molecule has 0 aliphatic carbocycles. The van der Waals surface area contributed by atoms with Crippen molar-refractivity contribution in [2.24, 2.45) is 5.92 Å². The van der Waals surface area contributed by atoms with Gasteiger partial charge in [0.15, 0.2) is 0 Å². The van der Waals surface area contributed by atoms with Crippen molar-refractivity contribution in [1.29, 1.82) is 0 Å². The van der Waals surface area contributed by atoms with Crippen LogP contribution < -0.4 is 10.0 Å². The summed E-state index contributed by atoms with van der Waals surface area (Å²) in [5.41, 5.74) is 0. The Hall–Kier alpha value is -1.25. The van der Waals surface area contributed by atoms with Crippen LogP contribution in [0.3, 0.4) is 0 Å². The summed E-state index contributed by atoms with van der Waals surface area (Å²) in [6.45, 7) is 3.02. The average molecular weight is 286 g/mol. The van der Waals surface area contributed by atoms with E-state index in [1.54, 1.807) is 7.05 Å². The summed E-state index contributed by atoms with van der Waals surface area (Å²) in [4.78, 5) is 7.85. The molecule has 0 bridgehead atoms. The van der Waals surface area contributed by atoms with E-state index >= 15 is 0 Å². The van der Waals surface area contributed by atoms with E-state index in [4.69, 9.17) is 4.74 Å². The molecule has 0 saturated carbocycles. The van der Waals surface area contributed by atoms with Gasteiger partial charge in [-0.2, -0.15) is 0 Å². The largest absolute Gasteiger partial charge is 0.378 e. The molecule has 1 saturated heterocycles. The molecular formula is C11H18N4O3S. The fourth-order valence-corrected chi connectivity index (χ4v) is 2.91. The van der Waals surface area contributed by atoms with Gasteiger partial charge in [-0.25, -0.2) is 23.1 Å². The van der Waals surface area contributed by atoms with E-state index in [9.17, 15) is 8.42 Å². The van der Waals surface area contributed by atoms with E-state index in [-0.39, 0.29) is 16.9 Å². The maximum Gasteiger partial charge on any atom is 0.243 e. The summed E-state index contributed by atoms with van der Waals surface area (Å²) in [7, 11) is -1.88. The summed E-state index contributed by atoms with van der Waals surface area (Å²) in [5, 5.41) is 2.73. The van der Waals surface area contributed by atoms with Gasteiger partial charge in [0.1, 0.15) is 4.90 Å². The number of hydrogen-bond acceptors (Lipinski definition) is 6. The zero-order valence-electron chi connectivity index (χ0n) is 11.0. The van der Waals surface area contributed by atoms with Crippen molar-refractivity contribution in [3.05, 3.63) is 12.4 Å². The highest BCUT2D eigenvalue weighted by Gasteiger charge is 2.26. The smallest absolute Gasteiger partial charge is 0.243 e. The zero-order valence-corrected chi connectivity index (χ0v) is 11.8. The van der Waals surface area contributed by atoms with Crippen LogP contribution in [0.25, 0.3) is 0 Å². The van der Waals surface area contributed by atoms with Crippen molar-refractivity contribution in [3.8, 4) is 0 Å². The first-order valence-electron chi connectivity index (χ1n) is 6.14. The molecule has 2 atom stereocenters. The van der Waals surface area contributed by atoms with Crippen LogP contribution in [0.4, 0.5) is 5.95 Å². The standard InChI is InChI=1S/C11H18N4O3S/c1-8-9(3-4-18-8)5-15-19(16,17)10-6-13-11(12-2)14-7-10/h6-9,15H,3-5H2,1-2H3,(H,12,13,14). The number of hydrogen-bond donors (Lipinski definition) is 2. The summed E-state index contributed by atoms with van der Waals surface area (Å²) < 4.78 is 32.1. The Kier molecular flexibility index (Phi) is 4.33. The quantitative estimate of drug-likeness (QED) is 0.804. The number of sulfonamides is 1. The third kappa shape index (κ3) is 3.40. The molecule has 1 aromatic rings. The Labute approximate surface area is 112 Å². The van der Waals surface area contributed by atoms with Crippen LogP contribution in [-0.2, 0) is 14.8 Å². The SMILES string of the molecule is CNc1ncc(S(=O)(=O)NCC2CCOC2C)cn1. The number of nitrogens with one attached hydrogen (secondary N) is 2. The summed E-state index contributed by atoms with van der Waals surface area (Å²) in [6.07, 6.45) is 3.54. The molecule has 19 heavy (non-hydrogen) atoms. The Morgan fingerprint density at radius 2 is 2.11 bits per heavy atom. The van der Waals surface area contributed by atoms with Gasteiger partial charge >= 0.3 is 0 Å². The van der Waals surface area contributed by atoms with Crippen LogP contribution in [0.1, 0.15) is 13.3 Å². The first-order chi connectivity index (χ1) is 9.03. The van der Waals surface area contributed by atoms with Crippen LogP contribution in [0, 0.1) is 5.92 Å². The molecule has 0 radical (unpaired) electrons. The fourth-order valence-electron chi connectivity index (χ4n) is 1.93. The van der Waals surface area contributed by atoms with Crippen LogP contribution in [-0.4, -0.2) is 44.7 Å². The number of nitrogens with zero attached hydrogens (tertiary/aromatic N) is 2. The average Bonchev–Trinajstić information content (AvgIpc) is 2.82. The highest BCUT2D eigenvalue weighted by Crippen LogP contribution is 2.20. The molecule has 106 valence electrons. The van der Waals surface area contributed by atoms with Gasteiger partial charge in [-0.05, 0) is 13.3 Å². The maximum atomic E-state index is 12.0. The molecule has 2 N–H and O–H groups in total. The van der Waals surface area contributed by atoms with Crippen molar-refractivity contribution in [3.63, 3.8) is 0 Å². The Morgan fingerprint density at radius 3 is 2.63 bits per heavy atom. The number of rotatable bonds is 5. The third-order valence-corrected chi connectivity index (χ3v) is 4.61. The third-order valence-electron chi connectivity index (χ3n) is 3.23. The zero-order chi connectivity index (χ0) is 13.9. The molecule has 1 aliphatic heterocycles. The van der Waals surface area contributed by atoms with Gasteiger partial charge in [0.2, 0.25) is 16.0 Å². The van der Waals surface area contributed by atoms with Crippen molar-refractivity contribution < 1.29 is 13.2 Å². The molecule has 1 aliphatic rings. The highest BCUT2D eigenvalue weighted by molar-refractivity contribution is 7.89. The minimum absolute atomic E-state index is 0.0677. The molecular weight excluding hydrogens is 268 g/mol. The number of anilines is 1. The van der Waals surface area contributed by atoms with Crippen LogP contribution in [0.5, 0.6) is 0 Å². The molecule has 2 unspecified atom stereocenters. The molecule has 0 spiro atoms. The lowest BCUT2D eigenvalue weighted by Gasteiger charge is -2.14. The second-order valence-corrected chi connectivity index (χ2v) is 6.24. The van der Waals surface area contributed by atoms with Crippen molar-refractivity contribution in [2.45, 2.75) is 24.3 Å². The molecule has 2 heterocycles. The minimum Gasteiger partial charge on any atom is -0.378 e. The second-order valence-electron chi connectivity index (χ2n) is 4.47. The van der Waals surface area contributed by atoms with Gasteiger partial charge in [-0.15, -0.1) is 0 Å². The van der Waals surface area contributed by atoms with Gasteiger partial charge in [0, 0.05) is 26.1 Å². The van der Waals surface area contributed by atoms with E-state index in [2.05, 4.69) is 20.0 Å². The van der Waals surface area contributed by atoms with Gasteiger partial charge in [-0.3, -0.25) is 0 Å². The normalized spacial score (nSPS) is 23.5. The Morgan fingerprint density at radius 1 is 1.42 bits per heavy atom. The minimum atomic E-state index is -3.55. The summed E-state index contributed by atoms with van der Waals surface area (Å²) in [6, 6.07) is 0. The Balaban J connectivity index is 2.01. The lowest BCUT2D eigenvalue weighted by Crippen LogP contribution is -2.32. The van der Waals surface area contributed by atoms with E-state index in [0.717, 1.165) is 6.42 Å². The lowest BCUT2D eigenvalue weighted by atomic mass is 10.0. The van der Waals surface area contributed by atoms with Gasteiger partial charge < -0.3 is 10.1 Å². The van der Waals surface area contributed by atoms with E-state index in [1.165, 1.54) is 12.4 Å². The first kappa shape index (κ1) is 14.2. The molecule has 1 fully saturated rings. The molecule has 2 rings (SSSR count). The van der Waals surface area contributed by atoms with E-state index in [1.807, 2.05) is 6.92 Å². The number of ether oxygens (including phenoxy) is 1. The van der Waals surface area contributed by atoms with Crippen molar-refractivity contribution in [2.75, 3.05) is 25.5 Å². The maximum absolute atomic E-state index is 12.0. The van der Waals surface area contributed by atoms with E-state index < -0.39 is 10.0 Å². The fraction of sp³-hybridized carbons (Fsp3) is 0.636. The molecule has 1 aromatic heterocycles. The molecule has 0 amide bonds. The summed E-state index contributed by atoms with van der Waals surface area (Å²) in [5.74, 6) is 0.601. The molecule has 0 aromatic carbocycles. The van der Waals surface area contributed by atoms with Gasteiger partial charge in [0.05, 0.1) is 18.5 Å². The summed E-state index contributed by atoms with van der Waals surface area (Å²) >= 11 is 0. The topological polar surface area (TPSA) is 93.2 Å². The predicted molar refractivity (Wildman–Crippen MR) is 70.3 cm³/mol. The molecule has 7 nitrogen and oxygen atoms in total. The van der Waals surface area contributed by atoms with Crippen molar-refractivity contribution in [1.82, 2.24) is 14.7 Å². The van der Waals surface area contributed by atoms with E-state index in [0.29, 0.717) is 19.1 Å². The van der Waals surface area contributed by atoms with Gasteiger partial charge in [0.25, 0.3) is 0 Å². The predicted octanol–water partition coefficient (Wildman–Crippen LogP) is 0.222. The van der Waals surface area contributed by atoms with Crippen LogP contribution in [0.2, 0.25) is 0 Å².